The molecule has 2 rings (SSSR count). The molecule has 1 saturated carbocycles. The third kappa shape index (κ3) is 0.400. The summed E-state index contributed by atoms with van der Waals surface area (Å²) < 4.78 is 0. The lowest BCUT2D eigenvalue weighted by Crippen LogP contribution is -2.54. The molecule has 8 heavy (non-hydrogen) atoms. The van der Waals surface area contributed by atoms with E-state index in [4.69, 9.17) is 5.73 Å². The Balaban J connectivity index is 2.14. The second kappa shape index (κ2) is 1.25. The highest BCUT2D eigenvalue weighted by Crippen LogP contribution is 2.38. The first-order valence-corrected chi connectivity index (χ1v) is 3.31. The zero-order valence-corrected chi connectivity index (χ0v) is 4.98. The molecule has 0 aromatic rings. The molecule has 0 aromatic carbocycles. The van der Waals surface area contributed by atoms with E-state index < -0.39 is 0 Å². The van der Waals surface area contributed by atoms with Crippen molar-refractivity contribution in [1.82, 2.24) is 5.32 Å². The average Bonchev–Trinajstić information content (AvgIpc) is 1.94. The lowest BCUT2D eigenvalue weighted by Gasteiger charge is -2.40. The van der Waals surface area contributed by atoms with Gasteiger partial charge >= 0.3 is 0 Å². The van der Waals surface area contributed by atoms with E-state index in [9.17, 15) is 0 Å². The molecule has 1 heterocycles. The molecule has 1 unspecified atom stereocenters. The van der Waals surface area contributed by atoms with E-state index in [-0.39, 0.29) is 5.54 Å². The van der Waals surface area contributed by atoms with Gasteiger partial charge in [-0.2, -0.15) is 0 Å². The van der Waals surface area contributed by atoms with Crippen LogP contribution in [-0.4, -0.2) is 18.6 Å². The molecule has 2 atom stereocenters. The highest BCUT2D eigenvalue weighted by Gasteiger charge is 2.46. The average molecular weight is 112 g/mol. The van der Waals surface area contributed by atoms with Crippen molar-refractivity contribution in [2.45, 2.75) is 18.4 Å². The van der Waals surface area contributed by atoms with Gasteiger partial charge in [0.1, 0.15) is 0 Å². The van der Waals surface area contributed by atoms with E-state index in [1.54, 1.807) is 0 Å². The van der Waals surface area contributed by atoms with Crippen molar-refractivity contribution in [3.8, 4) is 0 Å². The van der Waals surface area contributed by atoms with Crippen molar-refractivity contribution in [3.63, 3.8) is 0 Å². The number of fused-ring (bicyclic) bond motifs is 1. The monoisotopic (exact) mass is 112 g/mol. The van der Waals surface area contributed by atoms with Crippen molar-refractivity contribution in [3.05, 3.63) is 0 Å². The van der Waals surface area contributed by atoms with Crippen LogP contribution in [0.4, 0.5) is 0 Å². The molecular formula is C6H12N2. The molecule has 0 bridgehead atoms. The molecule has 0 radical (unpaired) electrons. The Morgan fingerprint density at radius 1 is 1.62 bits per heavy atom. The van der Waals surface area contributed by atoms with Crippen LogP contribution < -0.4 is 11.1 Å². The molecule has 1 saturated heterocycles. The van der Waals surface area contributed by atoms with Crippen molar-refractivity contribution in [1.29, 1.82) is 0 Å². The maximum absolute atomic E-state index is 5.95. The molecule has 0 aromatic heterocycles. The molecular weight excluding hydrogens is 100 g/mol. The smallest absolute Gasteiger partial charge is 0.0321 e. The lowest BCUT2D eigenvalue weighted by atomic mass is 9.70. The normalized spacial score (nSPS) is 52.9. The van der Waals surface area contributed by atoms with Crippen LogP contribution in [0.3, 0.4) is 0 Å². The van der Waals surface area contributed by atoms with E-state index >= 15 is 0 Å². The number of nitrogens with one attached hydrogen (secondary N) is 1. The fourth-order valence-electron chi connectivity index (χ4n) is 1.74. The summed E-state index contributed by atoms with van der Waals surface area (Å²) in [6, 6.07) is 0. The Morgan fingerprint density at radius 3 is 2.75 bits per heavy atom. The molecule has 2 nitrogen and oxygen atoms in total. The summed E-state index contributed by atoms with van der Waals surface area (Å²) in [6.45, 7) is 2.22. The maximum Gasteiger partial charge on any atom is 0.0321 e. The summed E-state index contributed by atoms with van der Waals surface area (Å²) in [5.74, 6) is 0.808. The summed E-state index contributed by atoms with van der Waals surface area (Å²) in [4.78, 5) is 0. The number of hydrogen-bond acceptors (Lipinski definition) is 2. The molecule has 2 aliphatic rings. The minimum atomic E-state index is 0.222. The lowest BCUT2D eigenvalue weighted by molar-refractivity contribution is 0.189. The van der Waals surface area contributed by atoms with Gasteiger partial charge in [0, 0.05) is 12.1 Å². The number of hydrogen-bond donors (Lipinski definition) is 2. The largest absolute Gasteiger partial charge is 0.324 e. The topological polar surface area (TPSA) is 38.0 Å². The molecule has 46 valence electrons. The van der Waals surface area contributed by atoms with Crippen LogP contribution in [0.15, 0.2) is 0 Å². The third-order valence-electron chi connectivity index (χ3n) is 2.62. The van der Waals surface area contributed by atoms with Crippen molar-refractivity contribution < 1.29 is 0 Å². The Morgan fingerprint density at radius 2 is 2.50 bits per heavy atom. The van der Waals surface area contributed by atoms with Gasteiger partial charge in [-0.1, -0.05) is 0 Å². The quantitative estimate of drug-likeness (QED) is 0.451. The number of nitrogens with two attached hydrogens (primary N) is 1. The summed E-state index contributed by atoms with van der Waals surface area (Å²) in [5, 5.41) is 3.30. The van der Waals surface area contributed by atoms with Crippen molar-refractivity contribution >= 4 is 0 Å². The Kier molecular flexibility index (Phi) is 0.746. The minimum absolute atomic E-state index is 0.222. The molecule has 1 aliphatic heterocycles. The Hall–Kier alpha value is -0.0800. The fourth-order valence-corrected chi connectivity index (χ4v) is 1.74. The highest BCUT2D eigenvalue weighted by molar-refractivity contribution is 5.07. The van der Waals surface area contributed by atoms with E-state index in [1.807, 2.05) is 0 Å². The summed E-state index contributed by atoms with van der Waals surface area (Å²) in [6.07, 6.45) is 2.59. The molecule has 0 amide bonds. The summed E-state index contributed by atoms with van der Waals surface area (Å²) in [5.41, 5.74) is 6.17. The summed E-state index contributed by atoms with van der Waals surface area (Å²) >= 11 is 0. The first-order chi connectivity index (χ1) is 3.81. The van der Waals surface area contributed by atoms with Gasteiger partial charge in [-0.25, -0.2) is 0 Å². The van der Waals surface area contributed by atoms with Crippen LogP contribution in [-0.2, 0) is 0 Å². The standard InChI is InChI=1S/C6H12N2/c7-6-2-1-5(6)3-8-4-6/h5,8H,1-4,7H2/t5?,6-/m1/s1. The van der Waals surface area contributed by atoms with Crippen LogP contribution in [0, 0.1) is 5.92 Å². The van der Waals surface area contributed by atoms with Gasteiger partial charge in [0.15, 0.2) is 0 Å². The molecule has 2 heteroatoms. The van der Waals surface area contributed by atoms with Crippen molar-refractivity contribution in [2.75, 3.05) is 13.1 Å². The fraction of sp³-hybridized carbons (Fsp3) is 1.00. The van der Waals surface area contributed by atoms with Crippen LogP contribution in [0.5, 0.6) is 0 Å². The highest BCUT2D eigenvalue weighted by atomic mass is 15.0. The van der Waals surface area contributed by atoms with Gasteiger partial charge in [0.2, 0.25) is 0 Å². The van der Waals surface area contributed by atoms with Gasteiger partial charge in [0.25, 0.3) is 0 Å². The van der Waals surface area contributed by atoms with Gasteiger partial charge in [-0.15, -0.1) is 0 Å². The first kappa shape index (κ1) is 4.77. The van der Waals surface area contributed by atoms with Gasteiger partial charge in [-0.05, 0) is 25.3 Å². The summed E-state index contributed by atoms with van der Waals surface area (Å²) in [7, 11) is 0. The van der Waals surface area contributed by atoms with E-state index in [0.717, 1.165) is 19.0 Å². The predicted octanol–water partition coefficient (Wildman–Crippen LogP) is -0.303. The first-order valence-electron chi connectivity index (χ1n) is 3.31. The zero-order valence-electron chi connectivity index (χ0n) is 4.98. The molecule has 3 N–H and O–H groups in total. The molecule has 1 aliphatic carbocycles. The number of rotatable bonds is 0. The van der Waals surface area contributed by atoms with Crippen molar-refractivity contribution in [2.24, 2.45) is 11.7 Å². The second-order valence-electron chi connectivity index (χ2n) is 3.10. The second-order valence-corrected chi connectivity index (χ2v) is 3.10. The van der Waals surface area contributed by atoms with Crippen LogP contribution in [0.25, 0.3) is 0 Å². The van der Waals surface area contributed by atoms with Crippen LogP contribution >= 0.6 is 0 Å². The predicted molar refractivity (Wildman–Crippen MR) is 32.5 cm³/mol. The van der Waals surface area contributed by atoms with Crippen LogP contribution in [0.2, 0.25) is 0 Å². The molecule has 0 spiro atoms. The van der Waals surface area contributed by atoms with Gasteiger partial charge < -0.3 is 11.1 Å². The van der Waals surface area contributed by atoms with E-state index in [0.29, 0.717) is 0 Å². The third-order valence-corrected chi connectivity index (χ3v) is 2.62. The van der Waals surface area contributed by atoms with Gasteiger partial charge in [0.05, 0.1) is 0 Å². The van der Waals surface area contributed by atoms with Crippen LogP contribution in [0.1, 0.15) is 12.8 Å². The van der Waals surface area contributed by atoms with Gasteiger partial charge in [-0.3, -0.25) is 0 Å². The maximum atomic E-state index is 5.95. The van der Waals surface area contributed by atoms with E-state index in [2.05, 4.69) is 5.32 Å². The van der Waals surface area contributed by atoms with E-state index in [1.165, 1.54) is 12.8 Å². The Labute approximate surface area is 49.4 Å². The minimum Gasteiger partial charge on any atom is -0.324 e. The molecule has 2 fully saturated rings. The zero-order chi connectivity index (χ0) is 5.61. The Bertz CT molecular complexity index is 113. The SMILES string of the molecule is N[C@@]12CCC1CNC2.